The minimum absolute atomic E-state index is 0.0725. The Kier molecular flexibility index (Phi) is 6.39. The summed E-state index contributed by atoms with van der Waals surface area (Å²) in [6, 6.07) is 6.63. The van der Waals surface area contributed by atoms with E-state index in [2.05, 4.69) is 49.0 Å². The van der Waals surface area contributed by atoms with Crippen LogP contribution in [0.25, 0.3) is 0 Å². The third-order valence-electron chi connectivity index (χ3n) is 4.46. The van der Waals surface area contributed by atoms with Gasteiger partial charge in [-0.05, 0) is 38.3 Å². The van der Waals surface area contributed by atoms with Crippen molar-refractivity contribution in [2.75, 3.05) is 26.2 Å². The zero-order valence-corrected chi connectivity index (χ0v) is 14.8. The Morgan fingerprint density at radius 2 is 1.87 bits per heavy atom. The highest BCUT2D eigenvalue weighted by atomic mass is 16.2. The second kappa shape index (κ2) is 8.29. The largest absolute Gasteiger partial charge is 0.336 e. The van der Waals surface area contributed by atoms with Gasteiger partial charge in [-0.25, -0.2) is 4.79 Å². The third-order valence-corrected chi connectivity index (χ3v) is 4.46. The molecule has 5 nitrogen and oxygen atoms in total. The average Bonchev–Trinajstić information content (AvgIpc) is 2.54. The molecule has 0 aromatic carbocycles. The Morgan fingerprint density at radius 1 is 1.17 bits per heavy atom. The lowest BCUT2D eigenvalue weighted by atomic mass is 10.1. The van der Waals surface area contributed by atoms with E-state index in [1.54, 1.807) is 0 Å². The number of pyridine rings is 1. The summed E-state index contributed by atoms with van der Waals surface area (Å²) in [6.07, 6.45) is 2.86. The summed E-state index contributed by atoms with van der Waals surface area (Å²) < 4.78 is 0. The zero-order valence-electron chi connectivity index (χ0n) is 14.8. The SMILES string of the molecule is CC(C)C[C@H](C)NC(=O)N1CCN([C@@H](C)c2ccccn2)CC1. The smallest absolute Gasteiger partial charge is 0.317 e. The van der Waals surface area contributed by atoms with Gasteiger partial charge in [0.25, 0.3) is 0 Å². The van der Waals surface area contributed by atoms with Crippen molar-refractivity contribution in [2.24, 2.45) is 5.92 Å². The number of nitrogens with zero attached hydrogens (tertiary/aromatic N) is 3. The maximum Gasteiger partial charge on any atom is 0.317 e. The van der Waals surface area contributed by atoms with E-state index in [-0.39, 0.29) is 12.1 Å². The van der Waals surface area contributed by atoms with E-state index < -0.39 is 0 Å². The summed E-state index contributed by atoms with van der Waals surface area (Å²) in [5.41, 5.74) is 1.09. The van der Waals surface area contributed by atoms with Crippen LogP contribution >= 0.6 is 0 Å². The van der Waals surface area contributed by atoms with Crippen LogP contribution in [0.4, 0.5) is 4.79 Å². The molecule has 0 aliphatic carbocycles. The minimum Gasteiger partial charge on any atom is -0.336 e. The van der Waals surface area contributed by atoms with Gasteiger partial charge >= 0.3 is 6.03 Å². The molecule has 0 saturated carbocycles. The van der Waals surface area contributed by atoms with Gasteiger partial charge < -0.3 is 10.2 Å². The molecular formula is C18H30N4O. The van der Waals surface area contributed by atoms with Gasteiger partial charge in [0.1, 0.15) is 0 Å². The van der Waals surface area contributed by atoms with Gasteiger partial charge in [-0.2, -0.15) is 0 Å². The molecule has 0 spiro atoms. The molecule has 2 heterocycles. The van der Waals surface area contributed by atoms with Crippen molar-refractivity contribution < 1.29 is 4.79 Å². The first-order valence-corrected chi connectivity index (χ1v) is 8.67. The maximum atomic E-state index is 12.3. The van der Waals surface area contributed by atoms with Crippen LogP contribution in [0.5, 0.6) is 0 Å². The summed E-state index contributed by atoms with van der Waals surface area (Å²) in [6.45, 7) is 12.0. The number of hydrogen-bond acceptors (Lipinski definition) is 3. The number of rotatable bonds is 5. The van der Waals surface area contributed by atoms with E-state index in [1.165, 1.54) is 0 Å². The minimum atomic E-state index is 0.0725. The molecule has 1 aromatic heterocycles. The summed E-state index contributed by atoms with van der Waals surface area (Å²) in [7, 11) is 0. The van der Waals surface area contributed by atoms with Gasteiger partial charge in [-0.1, -0.05) is 19.9 Å². The Bertz CT molecular complexity index is 483. The molecule has 0 unspecified atom stereocenters. The maximum absolute atomic E-state index is 12.3. The number of nitrogens with one attached hydrogen (secondary N) is 1. The van der Waals surface area contributed by atoms with Crippen LogP contribution in [0.15, 0.2) is 24.4 Å². The predicted octanol–water partition coefficient (Wildman–Crippen LogP) is 2.90. The number of amides is 2. The fraction of sp³-hybridized carbons (Fsp3) is 0.667. The van der Waals surface area contributed by atoms with Crippen LogP contribution in [0.1, 0.15) is 45.9 Å². The second-order valence-corrected chi connectivity index (χ2v) is 6.93. The van der Waals surface area contributed by atoms with Gasteiger partial charge in [-0.15, -0.1) is 0 Å². The van der Waals surface area contributed by atoms with E-state index in [1.807, 2.05) is 23.2 Å². The summed E-state index contributed by atoms with van der Waals surface area (Å²) in [5, 5.41) is 3.11. The predicted molar refractivity (Wildman–Crippen MR) is 93.2 cm³/mol. The molecule has 1 N–H and O–H groups in total. The molecular weight excluding hydrogens is 288 g/mol. The van der Waals surface area contributed by atoms with Gasteiger partial charge in [0.2, 0.25) is 0 Å². The fourth-order valence-corrected chi connectivity index (χ4v) is 3.19. The quantitative estimate of drug-likeness (QED) is 0.908. The number of carbonyl (C=O) groups excluding carboxylic acids is 1. The molecule has 128 valence electrons. The van der Waals surface area contributed by atoms with Gasteiger partial charge in [-0.3, -0.25) is 9.88 Å². The third kappa shape index (κ3) is 5.20. The van der Waals surface area contributed by atoms with Gasteiger partial charge in [0, 0.05) is 44.5 Å². The zero-order chi connectivity index (χ0) is 16.8. The molecule has 0 radical (unpaired) electrons. The lowest BCUT2D eigenvalue weighted by molar-refractivity contribution is 0.111. The van der Waals surface area contributed by atoms with Crippen molar-refractivity contribution in [1.29, 1.82) is 0 Å². The molecule has 1 aromatic rings. The van der Waals surface area contributed by atoms with Gasteiger partial charge in [0.15, 0.2) is 0 Å². The Morgan fingerprint density at radius 3 is 2.43 bits per heavy atom. The standard InChI is InChI=1S/C18H30N4O/c1-14(2)13-15(3)20-18(23)22-11-9-21(10-12-22)16(4)17-7-5-6-8-19-17/h5-8,14-16H,9-13H2,1-4H3,(H,20,23)/t15-,16-/m0/s1. The molecule has 1 aliphatic rings. The molecule has 2 rings (SSSR count). The number of hydrogen-bond donors (Lipinski definition) is 1. The molecule has 1 saturated heterocycles. The number of urea groups is 1. The molecule has 1 fully saturated rings. The van der Waals surface area contributed by atoms with Crippen LogP contribution < -0.4 is 5.32 Å². The first-order chi connectivity index (χ1) is 11.0. The van der Waals surface area contributed by atoms with Crippen LogP contribution in [0.2, 0.25) is 0 Å². The topological polar surface area (TPSA) is 48.5 Å². The van der Waals surface area contributed by atoms with E-state index in [9.17, 15) is 4.79 Å². The highest BCUT2D eigenvalue weighted by molar-refractivity contribution is 5.74. The van der Waals surface area contributed by atoms with E-state index in [0.717, 1.165) is 38.3 Å². The lowest BCUT2D eigenvalue weighted by Crippen LogP contribution is -2.53. The molecule has 0 bridgehead atoms. The summed E-state index contributed by atoms with van der Waals surface area (Å²) in [5.74, 6) is 0.598. The summed E-state index contributed by atoms with van der Waals surface area (Å²) in [4.78, 5) is 21.1. The number of piperazine rings is 1. The van der Waals surface area contributed by atoms with Crippen molar-refractivity contribution in [3.05, 3.63) is 30.1 Å². The Labute approximate surface area is 140 Å². The highest BCUT2D eigenvalue weighted by Crippen LogP contribution is 2.19. The first kappa shape index (κ1) is 17.7. The average molecular weight is 318 g/mol. The van der Waals surface area contributed by atoms with Crippen LogP contribution in [-0.2, 0) is 0 Å². The Balaban J connectivity index is 1.80. The number of aromatic nitrogens is 1. The lowest BCUT2D eigenvalue weighted by Gasteiger charge is -2.38. The van der Waals surface area contributed by atoms with E-state index in [4.69, 9.17) is 0 Å². The fourth-order valence-electron chi connectivity index (χ4n) is 3.19. The Hall–Kier alpha value is -1.62. The molecule has 2 amide bonds. The van der Waals surface area contributed by atoms with Crippen molar-refractivity contribution in [1.82, 2.24) is 20.1 Å². The van der Waals surface area contributed by atoms with Crippen molar-refractivity contribution >= 4 is 6.03 Å². The van der Waals surface area contributed by atoms with E-state index >= 15 is 0 Å². The normalized spacial score (nSPS) is 18.7. The first-order valence-electron chi connectivity index (χ1n) is 8.67. The van der Waals surface area contributed by atoms with Crippen molar-refractivity contribution in [3.63, 3.8) is 0 Å². The molecule has 5 heteroatoms. The van der Waals surface area contributed by atoms with Crippen molar-refractivity contribution in [3.8, 4) is 0 Å². The number of carbonyl (C=O) groups is 1. The van der Waals surface area contributed by atoms with Crippen LogP contribution in [0, 0.1) is 5.92 Å². The van der Waals surface area contributed by atoms with E-state index in [0.29, 0.717) is 12.0 Å². The van der Waals surface area contributed by atoms with Gasteiger partial charge in [0.05, 0.1) is 5.69 Å². The van der Waals surface area contributed by atoms with Crippen LogP contribution in [0.3, 0.4) is 0 Å². The highest BCUT2D eigenvalue weighted by Gasteiger charge is 2.25. The monoisotopic (exact) mass is 318 g/mol. The molecule has 1 aliphatic heterocycles. The summed E-state index contributed by atoms with van der Waals surface area (Å²) >= 11 is 0. The van der Waals surface area contributed by atoms with Crippen LogP contribution in [-0.4, -0.2) is 53.0 Å². The molecule has 2 atom stereocenters. The second-order valence-electron chi connectivity index (χ2n) is 6.93. The molecule has 23 heavy (non-hydrogen) atoms. The van der Waals surface area contributed by atoms with Crippen molar-refractivity contribution in [2.45, 2.75) is 46.2 Å².